The highest BCUT2D eigenvalue weighted by Gasteiger charge is 2.26. The fraction of sp³-hybridized carbons (Fsp3) is 0.778. The highest BCUT2D eigenvalue weighted by Crippen LogP contribution is 2.10. The lowest BCUT2D eigenvalue weighted by atomic mass is 10.2. The van der Waals surface area contributed by atoms with Crippen molar-refractivity contribution in [2.45, 2.75) is 12.5 Å². The second-order valence-corrected chi connectivity index (χ2v) is 3.58. The third-order valence-corrected chi connectivity index (χ3v) is 2.12. The number of cyclic esters (lactones) is 1. The molecule has 1 rings (SSSR count). The van der Waals surface area contributed by atoms with E-state index in [-0.39, 0.29) is 6.09 Å². The zero-order chi connectivity index (χ0) is 10.6. The first-order valence-corrected chi connectivity index (χ1v) is 4.63. The smallest absolute Gasteiger partial charge is 0.411 e. The van der Waals surface area contributed by atoms with Crippen molar-refractivity contribution in [3.05, 3.63) is 0 Å². The Labute approximate surface area is 83.8 Å². The summed E-state index contributed by atoms with van der Waals surface area (Å²) >= 11 is 0. The Balaban J connectivity index is 2.35. The molecular weight excluding hydrogens is 182 g/mol. The van der Waals surface area contributed by atoms with Gasteiger partial charge in [0, 0.05) is 26.1 Å². The Hall–Kier alpha value is -1.28. The normalized spacial score (nSPS) is 22.0. The van der Waals surface area contributed by atoms with Crippen LogP contribution in [0, 0.1) is 11.3 Å². The maximum absolute atomic E-state index is 11.3. The van der Waals surface area contributed by atoms with Crippen molar-refractivity contribution in [3.63, 3.8) is 0 Å². The van der Waals surface area contributed by atoms with Gasteiger partial charge in [-0.2, -0.15) is 5.26 Å². The van der Waals surface area contributed by atoms with E-state index in [4.69, 9.17) is 10.00 Å². The van der Waals surface area contributed by atoms with E-state index < -0.39 is 6.10 Å². The monoisotopic (exact) mass is 197 g/mol. The van der Waals surface area contributed by atoms with Crippen LogP contribution in [0.1, 0.15) is 6.42 Å². The molecule has 5 heteroatoms. The summed E-state index contributed by atoms with van der Waals surface area (Å²) in [7, 11) is 3.90. The van der Waals surface area contributed by atoms with E-state index in [0.29, 0.717) is 19.5 Å². The highest BCUT2D eigenvalue weighted by atomic mass is 16.6. The summed E-state index contributed by atoms with van der Waals surface area (Å²) in [5.74, 6) is 0. The molecule has 1 aliphatic rings. The first-order valence-electron chi connectivity index (χ1n) is 4.63. The van der Waals surface area contributed by atoms with Gasteiger partial charge in [-0.1, -0.05) is 0 Å². The van der Waals surface area contributed by atoms with E-state index in [9.17, 15) is 4.79 Å². The molecule has 14 heavy (non-hydrogen) atoms. The fourth-order valence-electron chi connectivity index (χ4n) is 1.23. The van der Waals surface area contributed by atoms with E-state index >= 15 is 0 Å². The number of carbonyl (C=O) groups is 1. The van der Waals surface area contributed by atoms with Crippen LogP contribution in [-0.4, -0.2) is 55.7 Å². The van der Waals surface area contributed by atoms with E-state index in [1.165, 1.54) is 0 Å². The van der Waals surface area contributed by atoms with Crippen LogP contribution < -0.4 is 0 Å². The number of ether oxygens (including phenoxy) is 1. The second-order valence-electron chi connectivity index (χ2n) is 3.58. The Morgan fingerprint density at radius 2 is 2.43 bits per heavy atom. The Morgan fingerprint density at radius 1 is 1.71 bits per heavy atom. The summed E-state index contributed by atoms with van der Waals surface area (Å²) in [4.78, 5) is 14.9. The van der Waals surface area contributed by atoms with Gasteiger partial charge >= 0.3 is 6.09 Å². The number of amides is 1. The molecule has 1 amide bonds. The van der Waals surface area contributed by atoms with Crippen LogP contribution in [0.5, 0.6) is 0 Å². The molecule has 0 aromatic heterocycles. The van der Waals surface area contributed by atoms with Crippen molar-refractivity contribution in [2.75, 3.05) is 33.7 Å². The number of rotatable bonds is 3. The lowest BCUT2D eigenvalue weighted by Crippen LogP contribution is -2.44. The predicted molar refractivity (Wildman–Crippen MR) is 50.6 cm³/mol. The van der Waals surface area contributed by atoms with E-state index in [1.807, 2.05) is 25.1 Å². The van der Waals surface area contributed by atoms with Gasteiger partial charge in [0.1, 0.15) is 6.07 Å². The minimum atomic E-state index is -0.557. The standard InChI is InChI=1S/C9H15N3O2/c1-11(2)5-6-12-4-3-8(7-10)14-9(12)13/h8H,3-6H2,1-2H3. The average Bonchev–Trinajstić information content (AvgIpc) is 2.15. The number of hydrogen-bond donors (Lipinski definition) is 0. The molecule has 0 N–H and O–H groups in total. The van der Waals surface area contributed by atoms with Gasteiger partial charge in [-0.15, -0.1) is 0 Å². The molecule has 1 fully saturated rings. The summed E-state index contributed by atoms with van der Waals surface area (Å²) in [6, 6.07) is 1.94. The molecule has 78 valence electrons. The average molecular weight is 197 g/mol. The summed E-state index contributed by atoms with van der Waals surface area (Å²) in [6.07, 6.45) is -0.321. The van der Waals surface area contributed by atoms with Crippen molar-refractivity contribution < 1.29 is 9.53 Å². The Bertz CT molecular complexity index is 247. The van der Waals surface area contributed by atoms with Crippen LogP contribution in [0.25, 0.3) is 0 Å². The van der Waals surface area contributed by atoms with Gasteiger partial charge in [-0.05, 0) is 14.1 Å². The molecule has 1 unspecified atom stereocenters. The van der Waals surface area contributed by atoms with Crippen LogP contribution in [-0.2, 0) is 4.74 Å². The van der Waals surface area contributed by atoms with Gasteiger partial charge in [0.05, 0.1) is 0 Å². The van der Waals surface area contributed by atoms with Crippen molar-refractivity contribution in [1.82, 2.24) is 9.80 Å². The van der Waals surface area contributed by atoms with Gasteiger partial charge in [-0.3, -0.25) is 0 Å². The van der Waals surface area contributed by atoms with Gasteiger partial charge in [0.15, 0.2) is 6.10 Å². The number of nitrogens with zero attached hydrogens (tertiary/aromatic N) is 3. The van der Waals surface area contributed by atoms with Crippen molar-refractivity contribution in [2.24, 2.45) is 0 Å². The SMILES string of the molecule is CN(C)CCN1CCC(C#N)OC1=O. The van der Waals surface area contributed by atoms with Gasteiger partial charge < -0.3 is 14.5 Å². The topological polar surface area (TPSA) is 56.6 Å². The van der Waals surface area contributed by atoms with Crippen molar-refractivity contribution in [3.8, 4) is 6.07 Å². The van der Waals surface area contributed by atoms with Crippen molar-refractivity contribution >= 4 is 6.09 Å². The number of nitriles is 1. The molecule has 0 bridgehead atoms. The minimum absolute atomic E-state index is 0.371. The lowest BCUT2D eigenvalue weighted by Gasteiger charge is -2.29. The zero-order valence-corrected chi connectivity index (χ0v) is 8.56. The molecule has 1 atom stereocenters. The van der Waals surface area contributed by atoms with Crippen LogP contribution in [0.4, 0.5) is 4.79 Å². The minimum Gasteiger partial charge on any atom is -0.431 e. The molecule has 1 saturated heterocycles. The molecule has 0 radical (unpaired) electrons. The van der Waals surface area contributed by atoms with Crippen LogP contribution in [0.15, 0.2) is 0 Å². The van der Waals surface area contributed by atoms with E-state index in [2.05, 4.69) is 0 Å². The Morgan fingerprint density at radius 3 is 2.93 bits per heavy atom. The summed E-state index contributed by atoms with van der Waals surface area (Å²) in [5, 5.41) is 8.56. The van der Waals surface area contributed by atoms with Gasteiger partial charge in [0.2, 0.25) is 0 Å². The highest BCUT2D eigenvalue weighted by molar-refractivity contribution is 5.68. The van der Waals surface area contributed by atoms with Crippen molar-refractivity contribution in [1.29, 1.82) is 5.26 Å². The molecule has 0 aromatic carbocycles. The molecular formula is C9H15N3O2. The molecule has 0 aromatic rings. The molecule has 0 spiro atoms. The lowest BCUT2D eigenvalue weighted by molar-refractivity contribution is 0.0457. The third-order valence-electron chi connectivity index (χ3n) is 2.12. The van der Waals surface area contributed by atoms with Gasteiger partial charge in [-0.25, -0.2) is 4.79 Å². The van der Waals surface area contributed by atoms with Crippen LogP contribution in [0.2, 0.25) is 0 Å². The molecule has 1 heterocycles. The van der Waals surface area contributed by atoms with Gasteiger partial charge in [0.25, 0.3) is 0 Å². The predicted octanol–water partition coefficient (Wildman–Crippen LogP) is 0.282. The Kier molecular flexibility index (Phi) is 3.72. The number of hydrogen-bond acceptors (Lipinski definition) is 4. The first-order chi connectivity index (χ1) is 6.63. The molecule has 0 aliphatic carbocycles. The van der Waals surface area contributed by atoms with E-state index in [1.54, 1.807) is 4.90 Å². The second kappa shape index (κ2) is 4.82. The van der Waals surface area contributed by atoms with E-state index in [0.717, 1.165) is 6.54 Å². The molecule has 0 saturated carbocycles. The number of likely N-dealkylation sites (N-methyl/N-ethyl adjacent to an activating group) is 1. The first kappa shape index (κ1) is 10.8. The number of carbonyl (C=O) groups excluding carboxylic acids is 1. The van der Waals surface area contributed by atoms with Crippen LogP contribution >= 0.6 is 0 Å². The third kappa shape index (κ3) is 2.89. The molecule has 1 aliphatic heterocycles. The molecule has 5 nitrogen and oxygen atoms in total. The quantitative estimate of drug-likeness (QED) is 0.652. The zero-order valence-electron chi connectivity index (χ0n) is 8.56. The maximum Gasteiger partial charge on any atom is 0.411 e. The maximum atomic E-state index is 11.3. The largest absolute Gasteiger partial charge is 0.431 e. The van der Waals surface area contributed by atoms with Crippen LogP contribution in [0.3, 0.4) is 0 Å². The fourth-order valence-corrected chi connectivity index (χ4v) is 1.23. The summed E-state index contributed by atoms with van der Waals surface area (Å²) in [6.45, 7) is 2.08. The summed E-state index contributed by atoms with van der Waals surface area (Å²) < 4.78 is 4.89. The summed E-state index contributed by atoms with van der Waals surface area (Å²) in [5.41, 5.74) is 0.